The Morgan fingerprint density at radius 1 is 1.10 bits per heavy atom. The van der Waals surface area contributed by atoms with Crippen LogP contribution in [0.15, 0.2) is 29.8 Å². The molecular formula is C14H15NO6. The molecule has 0 fully saturated rings. The molecule has 7 heteroatoms. The number of ether oxygens (including phenoxy) is 2. The minimum Gasteiger partial charge on any atom is -0.462 e. The fourth-order valence-corrected chi connectivity index (χ4v) is 1.48. The van der Waals surface area contributed by atoms with Crippen molar-refractivity contribution < 1.29 is 24.0 Å². The molecule has 1 aromatic carbocycles. The summed E-state index contributed by atoms with van der Waals surface area (Å²) in [5.41, 5.74) is 0.116. The number of benzene rings is 1. The van der Waals surface area contributed by atoms with Crippen molar-refractivity contribution in [2.75, 3.05) is 13.2 Å². The molecule has 0 bridgehead atoms. The lowest BCUT2D eigenvalue weighted by atomic mass is 10.1. The van der Waals surface area contributed by atoms with Gasteiger partial charge < -0.3 is 9.47 Å². The maximum Gasteiger partial charge on any atom is 0.345 e. The van der Waals surface area contributed by atoms with Crippen LogP contribution >= 0.6 is 0 Å². The summed E-state index contributed by atoms with van der Waals surface area (Å²) >= 11 is 0. The molecule has 1 aromatic rings. The molecule has 0 amide bonds. The quantitative estimate of drug-likeness (QED) is 0.199. The highest BCUT2D eigenvalue weighted by Crippen LogP contribution is 2.15. The summed E-state index contributed by atoms with van der Waals surface area (Å²) in [6.45, 7) is 3.48. The standard InChI is InChI=1S/C14H15NO6/c1-3-20-13(16)12(14(17)21-4-2)9-10-5-7-11(8-6-10)15(18)19/h5-9H,3-4H2,1-2H3. The number of esters is 2. The van der Waals surface area contributed by atoms with E-state index >= 15 is 0 Å². The van der Waals surface area contributed by atoms with Crippen molar-refractivity contribution in [1.29, 1.82) is 0 Å². The van der Waals surface area contributed by atoms with Gasteiger partial charge in [0.25, 0.3) is 5.69 Å². The van der Waals surface area contributed by atoms with Gasteiger partial charge in [0.15, 0.2) is 0 Å². The first-order chi connectivity index (χ1) is 9.99. The van der Waals surface area contributed by atoms with E-state index in [1.165, 1.54) is 30.3 Å². The summed E-state index contributed by atoms with van der Waals surface area (Å²) in [5, 5.41) is 10.6. The summed E-state index contributed by atoms with van der Waals surface area (Å²) < 4.78 is 9.58. The number of nitrogens with zero attached hydrogens (tertiary/aromatic N) is 1. The SMILES string of the molecule is CCOC(=O)C(=Cc1ccc([N+](=O)[O-])cc1)C(=O)OCC. The lowest BCUT2D eigenvalue weighted by Gasteiger charge is -2.06. The third kappa shape index (κ3) is 4.72. The third-order valence-corrected chi connectivity index (χ3v) is 2.41. The predicted octanol–water partition coefficient (Wildman–Crippen LogP) is 2.10. The predicted molar refractivity (Wildman–Crippen MR) is 74.3 cm³/mol. The zero-order chi connectivity index (χ0) is 15.8. The van der Waals surface area contributed by atoms with Crippen molar-refractivity contribution in [2.45, 2.75) is 13.8 Å². The minimum atomic E-state index is -0.797. The normalized spacial score (nSPS) is 9.62. The first-order valence-corrected chi connectivity index (χ1v) is 6.30. The molecule has 0 saturated carbocycles. The van der Waals surface area contributed by atoms with Crippen LogP contribution in [-0.2, 0) is 19.1 Å². The maximum atomic E-state index is 11.7. The van der Waals surface area contributed by atoms with E-state index in [1.807, 2.05) is 0 Å². The maximum absolute atomic E-state index is 11.7. The molecule has 0 aliphatic carbocycles. The number of nitro groups is 1. The van der Waals surface area contributed by atoms with E-state index in [4.69, 9.17) is 9.47 Å². The summed E-state index contributed by atoms with van der Waals surface area (Å²) in [6, 6.07) is 5.41. The van der Waals surface area contributed by atoms with Crippen LogP contribution in [0.3, 0.4) is 0 Å². The number of hydrogen-bond donors (Lipinski definition) is 0. The van der Waals surface area contributed by atoms with E-state index in [0.717, 1.165) is 0 Å². The van der Waals surface area contributed by atoms with E-state index in [-0.39, 0.29) is 24.5 Å². The topological polar surface area (TPSA) is 95.7 Å². The average Bonchev–Trinajstić information content (AvgIpc) is 2.45. The summed E-state index contributed by atoms with van der Waals surface area (Å²) in [4.78, 5) is 33.5. The number of hydrogen-bond acceptors (Lipinski definition) is 6. The number of rotatable bonds is 6. The van der Waals surface area contributed by atoms with E-state index in [1.54, 1.807) is 13.8 Å². The van der Waals surface area contributed by atoms with E-state index in [2.05, 4.69) is 0 Å². The Morgan fingerprint density at radius 3 is 1.95 bits per heavy atom. The molecule has 0 N–H and O–H groups in total. The molecule has 0 atom stereocenters. The molecular weight excluding hydrogens is 278 g/mol. The molecule has 1 rings (SSSR count). The van der Waals surface area contributed by atoms with Gasteiger partial charge in [0, 0.05) is 12.1 Å². The van der Waals surface area contributed by atoms with Gasteiger partial charge in [-0.05, 0) is 37.6 Å². The molecule has 112 valence electrons. The van der Waals surface area contributed by atoms with Gasteiger partial charge in [-0.3, -0.25) is 10.1 Å². The van der Waals surface area contributed by atoms with Gasteiger partial charge in [0.05, 0.1) is 18.1 Å². The Morgan fingerprint density at radius 2 is 1.57 bits per heavy atom. The molecule has 0 aliphatic heterocycles. The molecule has 0 saturated heterocycles. The van der Waals surface area contributed by atoms with Crippen LogP contribution in [0.1, 0.15) is 19.4 Å². The van der Waals surface area contributed by atoms with Crippen molar-refractivity contribution in [1.82, 2.24) is 0 Å². The van der Waals surface area contributed by atoms with Crippen molar-refractivity contribution in [3.63, 3.8) is 0 Å². The lowest BCUT2D eigenvalue weighted by molar-refractivity contribution is -0.384. The highest BCUT2D eigenvalue weighted by Gasteiger charge is 2.21. The lowest BCUT2D eigenvalue weighted by Crippen LogP contribution is -2.18. The number of carbonyl (C=O) groups excluding carboxylic acids is 2. The largest absolute Gasteiger partial charge is 0.462 e. The minimum absolute atomic E-state index is 0.0824. The number of non-ortho nitro benzene ring substituents is 1. The van der Waals surface area contributed by atoms with Crippen molar-refractivity contribution in [3.8, 4) is 0 Å². The molecule has 0 aromatic heterocycles. The zero-order valence-electron chi connectivity index (χ0n) is 11.7. The second-order valence-electron chi connectivity index (χ2n) is 3.85. The summed E-state index contributed by atoms with van der Waals surface area (Å²) in [6.07, 6.45) is 1.28. The van der Waals surface area contributed by atoms with Gasteiger partial charge in [0.1, 0.15) is 5.57 Å². The Balaban J connectivity index is 3.08. The van der Waals surface area contributed by atoms with Crippen LogP contribution in [0, 0.1) is 10.1 Å². The first kappa shape index (κ1) is 16.4. The molecule has 21 heavy (non-hydrogen) atoms. The van der Waals surface area contributed by atoms with Crippen molar-refractivity contribution in [3.05, 3.63) is 45.5 Å². The van der Waals surface area contributed by atoms with Gasteiger partial charge >= 0.3 is 11.9 Å². The van der Waals surface area contributed by atoms with Crippen LogP contribution in [0.2, 0.25) is 0 Å². The monoisotopic (exact) mass is 293 g/mol. The van der Waals surface area contributed by atoms with Crippen LogP contribution < -0.4 is 0 Å². The first-order valence-electron chi connectivity index (χ1n) is 6.30. The van der Waals surface area contributed by atoms with Crippen molar-refractivity contribution >= 4 is 23.7 Å². The molecule has 0 heterocycles. The summed E-state index contributed by atoms with van der Waals surface area (Å²) in [5.74, 6) is -1.59. The van der Waals surface area contributed by atoms with Gasteiger partial charge in [-0.15, -0.1) is 0 Å². The second-order valence-corrected chi connectivity index (χ2v) is 3.85. The Bertz CT molecular complexity index is 541. The average molecular weight is 293 g/mol. The molecule has 0 radical (unpaired) electrons. The summed E-state index contributed by atoms with van der Waals surface area (Å²) in [7, 11) is 0. The van der Waals surface area contributed by atoms with Gasteiger partial charge in [-0.2, -0.15) is 0 Å². The van der Waals surface area contributed by atoms with Gasteiger partial charge in [-0.25, -0.2) is 9.59 Å². The highest BCUT2D eigenvalue weighted by atomic mass is 16.6. The van der Waals surface area contributed by atoms with Crippen LogP contribution in [0.5, 0.6) is 0 Å². The molecule has 0 unspecified atom stereocenters. The van der Waals surface area contributed by atoms with Gasteiger partial charge in [0.2, 0.25) is 0 Å². The Hall–Kier alpha value is -2.70. The third-order valence-electron chi connectivity index (χ3n) is 2.41. The number of nitro benzene ring substituents is 1. The second kappa shape index (κ2) is 7.78. The van der Waals surface area contributed by atoms with Crippen molar-refractivity contribution in [2.24, 2.45) is 0 Å². The van der Waals surface area contributed by atoms with Crippen LogP contribution in [-0.4, -0.2) is 30.1 Å². The molecule has 0 spiro atoms. The highest BCUT2D eigenvalue weighted by molar-refractivity contribution is 6.17. The molecule has 7 nitrogen and oxygen atoms in total. The fourth-order valence-electron chi connectivity index (χ4n) is 1.48. The number of carbonyl (C=O) groups is 2. The molecule has 0 aliphatic rings. The van der Waals surface area contributed by atoms with E-state index in [9.17, 15) is 19.7 Å². The van der Waals surface area contributed by atoms with Gasteiger partial charge in [-0.1, -0.05) is 0 Å². The van der Waals surface area contributed by atoms with E-state index < -0.39 is 16.9 Å². The van der Waals surface area contributed by atoms with Crippen LogP contribution in [0.4, 0.5) is 5.69 Å². The van der Waals surface area contributed by atoms with Crippen LogP contribution in [0.25, 0.3) is 6.08 Å². The fraction of sp³-hybridized carbons (Fsp3) is 0.286. The Kier molecular flexibility index (Phi) is 6.06. The zero-order valence-corrected chi connectivity index (χ0v) is 11.7. The smallest absolute Gasteiger partial charge is 0.345 e. The van der Waals surface area contributed by atoms with E-state index in [0.29, 0.717) is 5.56 Å². The Labute approximate surface area is 121 Å².